The van der Waals surface area contributed by atoms with E-state index in [1.54, 1.807) is 6.07 Å². The number of nitrogens with two attached hydrogens (primary N) is 1. The second kappa shape index (κ2) is 7.74. The van der Waals surface area contributed by atoms with E-state index in [1.165, 1.54) is 0 Å². The summed E-state index contributed by atoms with van der Waals surface area (Å²) in [7, 11) is 4.03. The third-order valence-corrected chi connectivity index (χ3v) is 2.73. The van der Waals surface area contributed by atoms with E-state index in [0.717, 1.165) is 31.5 Å². The van der Waals surface area contributed by atoms with E-state index in [1.807, 2.05) is 20.2 Å². The number of nitrogens with zero attached hydrogens (tertiary/aromatic N) is 2. The van der Waals surface area contributed by atoms with Crippen LogP contribution in [0.1, 0.15) is 35.8 Å². The fourth-order valence-electron chi connectivity index (χ4n) is 1.83. The van der Waals surface area contributed by atoms with E-state index in [-0.39, 0.29) is 5.91 Å². The van der Waals surface area contributed by atoms with Crippen molar-refractivity contribution in [1.29, 1.82) is 0 Å². The van der Waals surface area contributed by atoms with E-state index in [2.05, 4.69) is 22.1 Å². The molecule has 0 radical (unpaired) electrons. The van der Waals surface area contributed by atoms with E-state index in [0.29, 0.717) is 17.9 Å². The van der Waals surface area contributed by atoms with Gasteiger partial charge in [-0.1, -0.05) is 13.3 Å². The summed E-state index contributed by atoms with van der Waals surface area (Å²) in [5.41, 5.74) is 7.20. The van der Waals surface area contributed by atoms with Gasteiger partial charge in [-0.15, -0.1) is 0 Å². The Bertz CT molecular complexity index is 418. The summed E-state index contributed by atoms with van der Waals surface area (Å²) < 4.78 is 0. The van der Waals surface area contributed by atoms with Crippen molar-refractivity contribution >= 4 is 11.7 Å². The molecule has 0 aliphatic rings. The third kappa shape index (κ3) is 5.70. The number of hydrogen-bond acceptors (Lipinski definition) is 4. The van der Waals surface area contributed by atoms with Gasteiger partial charge < -0.3 is 16.0 Å². The molecule has 0 bridgehead atoms. The van der Waals surface area contributed by atoms with E-state index < -0.39 is 0 Å². The van der Waals surface area contributed by atoms with Crippen molar-refractivity contribution in [2.75, 3.05) is 32.9 Å². The first-order chi connectivity index (χ1) is 9.02. The average molecular weight is 264 g/mol. The van der Waals surface area contributed by atoms with Crippen LogP contribution in [0.25, 0.3) is 0 Å². The van der Waals surface area contributed by atoms with Gasteiger partial charge in [-0.25, -0.2) is 4.98 Å². The molecular formula is C14H24N4O. The number of nitrogens with one attached hydrogen (secondary N) is 1. The van der Waals surface area contributed by atoms with Gasteiger partial charge in [0.15, 0.2) is 0 Å². The van der Waals surface area contributed by atoms with E-state index >= 15 is 0 Å². The molecular weight excluding hydrogens is 240 g/mol. The first-order valence-corrected chi connectivity index (χ1v) is 6.72. The van der Waals surface area contributed by atoms with Gasteiger partial charge in [0.25, 0.3) is 5.91 Å². The molecule has 0 unspecified atom stereocenters. The molecule has 1 amide bonds. The molecule has 0 fully saturated rings. The van der Waals surface area contributed by atoms with Gasteiger partial charge in [0.2, 0.25) is 0 Å². The predicted octanol–water partition coefficient (Wildman–Crippen LogP) is 1.30. The molecule has 1 aromatic rings. The van der Waals surface area contributed by atoms with Crippen molar-refractivity contribution in [3.8, 4) is 0 Å². The topological polar surface area (TPSA) is 71.2 Å². The summed E-state index contributed by atoms with van der Waals surface area (Å²) in [6.07, 6.45) is 2.76. The monoisotopic (exact) mass is 264 g/mol. The highest BCUT2D eigenvalue weighted by Crippen LogP contribution is 2.09. The largest absolute Gasteiger partial charge is 0.384 e. The molecule has 1 heterocycles. The first-order valence-electron chi connectivity index (χ1n) is 6.72. The number of carbonyl (C=O) groups is 1. The Balaban J connectivity index is 2.56. The molecule has 0 spiro atoms. The van der Waals surface area contributed by atoms with Crippen LogP contribution in [0, 0.1) is 0 Å². The number of carbonyl (C=O) groups excluding carboxylic acids is 1. The molecule has 3 N–H and O–H groups in total. The van der Waals surface area contributed by atoms with Crippen molar-refractivity contribution in [3.63, 3.8) is 0 Å². The Morgan fingerprint density at radius 2 is 2.16 bits per heavy atom. The second-order valence-corrected chi connectivity index (χ2v) is 4.93. The lowest BCUT2D eigenvalue weighted by Crippen LogP contribution is -2.27. The van der Waals surface area contributed by atoms with E-state index in [9.17, 15) is 4.79 Å². The highest BCUT2D eigenvalue weighted by Gasteiger charge is 2.08. The number of rotatable bonds is 7. The number of aryl methyl sites for hydroxylation is 1. The van der Waals surface area contributed by atoms with Gasteiger partial charge in [0.05, 0.1) is 0 Å². The fraction of sp³-hybridized carbons (Fsp3) is 0.571. The molecule has 0 aliphatic carbocycles. The molecule has 0 aliphatic heterocycles. The summed E-state index contributed by atoms with van der Waals surface area (Å²) in [5.74, 6) is 0.328. The molecule has 0 saturated carbocycles. The van der Waals surface area contributed by atoms with Crippen LogP contribution in [-0.2, 0) is 6.42 Å². The van der Waals surface area contributed by atoms with Crippen molar-refractivity contribution in [2.24, 2.45) is 0 Å². The zero-order valence-electron chi connectivity index (χ0n) is 12.1. The lowest BCUT2D eigenvalue weighted by molar-refractivity contribution is 0.0952. The van der Waals surface area contributed by atoms with Crippen LogP contribution in [0.3, 0.4) is 0 Å². The summed E-state index contributed by atoms with van der Waals surface area (Å²) in [6.45, 7) is 3.70. The molecule has 0 aromatic carbocycles. The van der Waals surface area contributed by atoms with Crippen LogP contribution in [-0.4, -0.2) is 43.0 Å². The van der Waals surface area contributed by atoms with Crippen LogP contribution in [0.15, 0.2) is 12.1 Å². The third-order valence-electron chi connectivity index (χ3n) is 2.73. The average Bonchev–Trinajstić information content (AvgIpc) is 2.34. The van der Waals surface area contributed by atoms with Crippen molar-refractivity contribution in [1.82, 2.24) is 15.2 Å². The Labute approximate surface area is 115 Å². The standard InChI is InChI=1S/C14H24N4O/c1-4-6-12-9-11(10-13(15)17-12)14(19)16-7-5-8-18(2)3/h9-10H,4-8H2,1-3H3,(H2,15,17)(H,16,19). The summed E-state index contributed by atoms with van der Waals surface area (Å²) in [6, 6.07) is 3.45. The minimum absolute atomic E-state index is 0.0785. The maximum atomic E-state index is 12.0. The van der Waals surface area contributed by atoms with E-state index in [4.69, 9.17) is 5.73 Å². The highest BCUT2D eigenvalue weighted by molar-refractivity contribution is 5.94. The minimum Gasteiger partial charge on any atom is -0.384 e. The molecule has 19 heavy (non-hydrogen) atoms. The Morgan fingerprint density at radius 3 is 2.79 bits per heavy atom. The Hall–Kier alpha value is -1.62. The van der Waals surface area contributed by atoms with Gasteiger partial charge >= 0.3 is 0 Å². The van der Waals surface area contributed by atoms with Gasteiger partial charge in [0.1, 0.15) is 5.82 Å². The Kier molecular flexibility index (Phi) is 6.29. The molecule has 0 atom stereocenters. The van der Waals surface area contributed by atoms with Gasteiger partial charge in [-0.2, -0.15) is 0 Å². The molecule has 5 nitrogen and oxygen atoms in total. The second-order valence-electron chi connectivity index (χ2n) is 4.93. The quantitative estimate of drug-likeness (QED) is 0.728. The highest BCUT2D eigenvalue weighted by atomic mass is 16.1. The lowest BCUT2D eigenvalue weighted by Gasteiger charge is -2.10. The van der Waals surface area contributed by atoms with Crippen LogP contribution in [0.4, 0.5) is 5.82 Å². The normalized spacial score (nSPS) is 10.7. The van der Waals surface area contributed by atoms with Crippen LogP contribution >= 0.6 is 0 Å². The van der Waals surface area contributed by atoms with Crippen molar-refractivity contribution in [2.45, 2.75) is 26.2 Å². The van der Waals surface area contributed by atoms with Crippen LogP contribution < -0.4 is 11.1 Å². The SMILES string of the molecule is CCCc1cc(C(=O)NCCCN(C)C)cc(N)n1. The van der Waals surface area contributed by atoms with Crippen molar-refractivity contribution < 1.29 is 4.79 Å². The van der Waals surface area contributed by atoms with Crippen molar-refractivity contribution in [3.05, 3.63) is 23.4 Å². The smallest absolute Gasteiger partial charge is 0.251 e. The zero-order valence-corrected chi connectivity index (χ0v) is 12.1. The zero-order chi connectivity index (χ0) is 14.3. The number of hydrogen-bond donors (Lipinski definition) is 2. The molecule has 1 aromatic heterocycles. The summed E-state index contributed by atoms with van der Waals surface area (Å²) in [5, 5.41) is 2.90. The lowest BCUT2D eigenvalue weighted by atomic mass is 10.1. The first kappa shape index (κ1) is 15.4. The number of amides is 1. The minimum atomic E-state index is -0.0785. The van der Waals surface area contributed by atoms with Gasteiger partial charge in [0, 0.05) is 17.8 Å². The number of pyridine rings is 1. The van der Waals surface area contributed by atoms with Crippen LogP contribution in [0.5, 0.6) is 0 Å². The van der Waals surface area contributed by atoms with Crippen LogP contribution in [0.2, 0.25) is 0 Å². The van der Waals surface area contributed by atoms with Gasteiger partial charge in [-0.3, -0.25) is 4.79 Å². The maximum Gasteiger partial charge on any atom is 0.251 e. The fourth-order valence-corrected chi connectivity index (χ4v) is 1.83. The molecule has 106 valence electrons. The molecule has 1 rings (SSSR count). The summed E-state index contributed by atoms with van der Waals surface area (Å²) in [4.78, 5) is 18.3. The summed E-state index contributed by atoms with van der Waals surface area (Å²) >= 11 is 0. The molecule has 0 saturated heterocycles. The predicted molar refractivity (Wildman–Crippen MR) is 78.1 cm³/mol. The number of aromatic nitrogens is 1. The number of anilines is 1. The number of nitrogen functional groups attached to an aromatic ring is 1. The van der Waals surface area contributed by atoms with Gasteiger partial charge in [-0.05, 0) is 45.6 Å². The Morgan fingerprint density at radius 1 is 1.42 bits per heavy atom. The molecule has 5 heteroatoms. The maximum absolute atomic E-state index is 12.0.